The van der Waals surface area contributed by atoms with Crippen molar-refractivity contribution in [3.05, 3.63) is 10.9 Å². The molecule has 1 heterocycles. The predicted molar refractivity (Wildman–Crippen MR) is 70.7 cm³/mol. The van der Waals surface area contributed by atoms with Crippen LogP contribution in [0.4, 0.5) is 10.7 Å². The van der Waals surface area contributed by atoms with Crippen LogP contribution in [0.1, 0.15) is 29.4 Å². The smallest absolute Gasteiger partial charge is 0.350 e. The maximum absolute atomic E-state index is 11.6. The second-order valence-corrected chi connectivity index (χ2v) is 5.44. The molecule has 17 heavy (non-hydrogen) atoms. The molecule has 5 heteroatoms. The molecule has 0 radical (unpaired) electrons. The fraction of sp³-hybridized carbons (Fsp3) is 0.583. The Morgan fingerprint density at radius 1 is 1.65 bits per heavy atom. The Balaban J connectivity index is 2.08. The second kappa shape index (κ2) is 4.96. The molecule has 0 aliphatic heterocycles. The Bertz CT molecular complexity index is 413. The number of thiophene rings is 1. The van der Waals surface area contributed by atoms with Gasteiger partial charge in [0.25, 0.3) is 0 Å². The molecule has 4 nitrogen and oxygen atoms in total. The Morgan fingerprint density at radius 3 is 2.94 bits per heavy atom. The van der Waals surface area contributed by atoms with Crippen LogP contribution in [0.2, 0.25) is 0 Å². The lowest BCUT2D eigenvalue weighted by molar-refractivity contribution is 0.0533. The SMILES string of the molecule is CCOC(=O)c1sc(N(C)CC2CC2)cc1N. The van der Waals surface area contributed by atoms with Gasteiger partial charge >= 0.3 is 5.97 Å². The lowest BCUT2D eigenvalue weighted by atomic mass is 10.3. The third-order valence-corrected chi connectivity index (χ3v) is 4.06. The summed E-state index contributed by atoms with van der Waals surface area (Å²) in [5, 5.41) is 1.04. The predicted octanol–water partition coefficient (Wildman–Crippen LogP) is 2.35. The molecule has 1 aromatic heterocycles. The van der Waals surface area contributed by atoms with E-state index in [0.29, 0.717) is 17.2 Å². The van der Waals surface area contributed by atoms with Crippen LogP contribution < -0.4 is 10.6 Å². The highest BCUT2D eigenvalue weighted by molar-refractivity contribution is 7.18. The number of anilines is 2. The minimum absolute atomic E-state index is 0.318. The van der Waals surface area contributed by atoms with Gasteiger partial charge in [-0.1, -0.05) is 0 Å². The molecule has 2 N–H and O–H groups in total. The van der Waals surface area contributed by atoms with E-state index in [4.69, 9.17) is 10.5 Å². The van der Waals surface area contributed by atoms with Crippen molar-refractivity contribution in [1.29, 1.82) is 0 Å². The van der Waals surface area contributed by atoms with Crippen LogP contribution in [-0.4, -0.2) is 26.2 Å². The first-order valence-electron chi connectivity index (χ1n) is 5.89. The Hall–Kier alpha value is -1.23. The Morgan fingerprint density at radius 2 is 2.35 bits per heavy atom. The van der Waals surface area contributed by atoms with E-state index in [9.17, 15) is 4.79 Å². The molecule has 94 valence electrons. The quantitative estimate of drug-likeness (QED) is 0.819. The molecule has 1 aromatic rings. The monoisotopic (exact) mass is 254 g/mol. The number of ether oxygens (including phenoxy) is 1. The van der Waals surface area contributed by atoms with Crippen molar-refractivity contribution in [3.8, 4) is 0 Å². The van der Waals surface area contributed by atoms with Crippen LogP contribution in [0.15, 0.2) is 6.07 Å². The van der Waals surface area contributed by atoms with Gasteiger partial charge in [0, 0.05) is 13.6 Å². The summed E-state index contributed by atoms with van der Waals surface area (Å²) in [6.45, 7) is 3.22. The van der Waals surface area contributed by atoms with E-state index >= 15 is 0 Å². The molecular weight excluding hydrogens is 236 g/mol. The molecule has 1 saturated carbocycles. The topological polar surface area (TPSA) is 55.6 Å². The average molecular weight is 254 g/mol. The third kappa shape index (κ3) is 2.91. The van der Waals surface area contributed by atoms with Crippen LogP contribution in [0.5, 0.6) is 0 Å². The highest BCUT2D eigenvalue weighted by Gasteiger charge is 2.24. The fourth-order valence-electron chi connectivity index (χ4n) is 1.71. The summed E-state index contributed by atoms with van der Waals surface area (Å²) in [4.78, 5) is 14.3. The molecule has 0 atom stereocenters. The zero-order valence-electron chi connectivity index (χ0n) is 10.2. The number of carbonyl (C=O) groups excluding carboxylic acids is 1. The van der Waals surface area contributed by atoms with Gasteiger partial charge in [0.2, 0.25) is 0 Å². The zero-order chi connectivity index (χ0) is 12.4. The zero-order valence-corrected chi connectivity index (χ0v) is 11.0. The normalized spacial score (nSPS) is 14.7. The standard InChI is InChI=1S/C12H18N2O2S/c1-3-16-12(15)11-9(13)6-10(17-11)14(2)7-8-4-5-8/h6,8H,3-5,7,13H2,1-2H3. The minimum atomic E-state index is -0.318. The first kappa shape index (κ1) is 12.2. The molecule has 0 amide bonds. The maximum Gasteiger partial charge on any atom is 0.350 e. The summed E-state index contributed by atoms with van der Waals surface area (Å²) in [6, 6.07) is 1.86. The molecule has 1 aliphatic rings. The van der Waals surface area contributed by atoms with Crippen molar-refractivity contribution in [1.82, 2.24) is 0 Å². The van der Waals surface area contributed by atoms with Gasteiger partial charge in [0.1, 0.15) is 4.88 Å². The maximum atomic E-state index is 11.6. The van der Waals surface area contributed by atoms with Gasteiger partial charge in [-0.3, -0.25) is 0 Å². The highest BCUT2D eigenvalue weighted by Crippen LogP contribution is 2.35. The molecule has 0 saturated heterocycles. The van der Waals surface area contributed by atoms with Crippen LogP contribution in [0, 0.1) is 5.92 Å². The number of nitrogens with two attached hydrogens (primary N) is 1. The molecule has 0 aromatic carbocycles. The Labute approximate surface area is 105 Å². The van der Waals surface area contributed by atoms with Gasteiger partial charge in [-0.2, -0.15) is 0 Å². The van der Waals surface area contributed by atoms with Crippen LogP contribution in [0.3, 0.4) is 0 Å². The molecule has 0 bridgehead atoms. The molecular formula is C12H18N2O2S. The lowest BCUT2D eigenvalue weighted by Gasteiger charge is -2.15. The molecule has 1 aliphatic carbocycles. The number of hydrogen-bond acceptors (Lipinski definition) is 5. The van der Waals surface area contributed by atoms with Crippen LogP contribution >= 0.6 is 11.3 Å². The number of carbonyl (C=O) groups is 1. The molecule has 2 rings (SSSR count). The van der Waals surface area contributed by atoms with E-state index in [2.05, 4.69) is 4.90 Å². The molecule has 1 fully saturated rings. The van der Waals surface area contributed by atoms with Crippen molar-refractivity contribution in [2.75, 3.05) is 30.8 Å². The van der Waals surface area contributed by atoms with Gasteiger partial charge in [0.05, 0.1) is 17.3 Å². The minimum Gasteiger partial charge on any atom is -0.462 e. The summed E-state index contributed by atoms with van der Waals surface area (Å²) in [5.74, 6) is 0.496. The molecule has 0 unspecified atom stereocenters. The second-order valence-electron chi connectivity index (χ2n) is 4.41. The average Bonchev–Trinajstić information content (AvgIpc) is 2.99. The highest BCUT2D eigenvalue weighted by atomic mass is 32.1. The van der Waals surface area contributed by atoms with Gasteiger partial charge in [-0.05, 0) is 31.7 Å². The number of esters is 1. The van der Waals surface area contributed by atoms with E-state index in [1.54, 1.807) is 6.92 Å². The Kier molecular flexibility index (Phi) is 3.57. The summed E-state index contributed by atoms with van der Waals surface area (Å²) < 4.78 is 4.97. The first-order valence-corrected chi connectivity index (χ1v) is 6.71. The van der Waals surface area contributed by atoms with Crippen molar-refractivity contribution >= 4 is 28.0 Å². The van der Waals surface area contributed by atoms with Crippen molar-refractivity contribution < 1.29 is 9.53 Å². The van der Waals surface area contributed by atoms with E-state index in [0.717, 1.165) is 17.5 Å². The van der Waals surface area contributed by atoms with E-state index in [1.807, 2.05) is 13.1 Å². The van der Waals surface area contributed by atoms with Gasteiger partial charge in [-0.15, -0.1) is 11.3 Å². The summed E-state index contributed by atoms with van der Waals surface area (Å²) in [7, 11) is 2.04. The molecule has 0 spiro atoms. The fourth-order valence-corrected chi connectivity index (χ4v) is 2.66. The largest absolute Gasteiger partial charge is 0.462 e. The number of nitrogens with zero attached hydrogens (tertiary/aromatic N) is 1. The summed E-state index contributed by atoms with van der Waals surface area (Å²) in [6.07, 6.45) is 2.63. The van der Waals surface area contributed by atoms with E-state index < -0.39 is 0 Å². The van der Waals surface area contributed by atoms with E-state index in [-0.39, 0.29) is 5.97 Å². The first-order chi connectivity index (χ1) is 8.11. The van der Waals surface area contributed by atoms with Crippen LogP contribution in [0.25, 0.3) is 0 Å². The van der Waals surface area contributed by atoms with Gasteiger partial charge in [-0.25, -0.2) is 4.79 Å². The van der Waals surface area contributed by atoms with Crippen molar-refractivity contribution in [2.24, 2.45) is 5.92 Å². The third-order valence-electron chi connectivity index (χ3n) is 2.81. The summed E-state index contributed by atoms with van der Waals surface area (Å²) >= 11 is 1.41. The van der Waals surface area contributed by atoms with Crippen molar-refractivity contribution in [3.63, 3.8) is 0 Å². The number of rotatable bonds is 5. The number of hydrogen-bond donors (Lipinski definition) is 1. The number of nitrogen functional groups attached to an aromatic ring is 1. The summed E-state index contributed by atoms with van der Waals surface area (Å²) in [5.41, 5.74) is 6.36. The lowest BCUT2D eigenvalue weighted by Crippen LogP contribution is -2.18. The van der Waals surface area contributed by atoms with Crippen molar-refractivity contribution in [2.45, 2.75) is 19.8 Å². The van der Waals surface area contributed by atoms with Gasteiger partial charge in [0.15, 0.2) is 0 Å². The van der Waals surface area contributed by atoms with E-state index in [1.165, 1.54) is 24.2 Å². The van der Waals surface area contributed by atoms with Gasteiger partial charge < -0.3 is 15.4 Å². The van der Waals surface area contributed by atoms with Crippen LogP contribution in [-0.2, 0) is 4.74 Å².